The minimum Gasteiger partial charge on any atom is -0.468 e. The van der Waals surface area contributed by atoms with Crippen LogP contribution in [0.25, 0.3) is 0 Å². The molecule has 94 valence electrons. The summed E-state index contributed by atoms with van der Waals surface area (Å²) in [6.07, 6.45) is 2.06. The predicted molar refractivity (Wildman–Crippen MR) is 64.3 cm³/mol. The Morgan fingerprint density at radius 3 is 2.69 bits per heavy atom. The van der Waals surface area contributed by atoms with Crippen molar-refractivity contribution in [3.05, 3.63) is 0 Å². The first kappa shape index (κ1) is 13.5. The Hall–Kier alpha value is -0.610. The highest BCUT2D eigenvalue weighted by Crippen LogP contribution is 2.28. The number of hydrogen-bond donors (Lipinski definition) is 1. The molecule has 0 radical (unpaired) electrons. The molecule has 1 fully saturated rings. The Morgan fingerprint density at radius 2 is 2.25 bits per heavy atom. The number of likely N-dealkylation sites (tertiary alicyclic amines) is 1. The minimum atomic E-state index is -0.172. The molecule has 1 N–H and O–H groups in total. The lowest BCUT2D eigenvalue weighted by Gasteiger charge is -2.21. The molecule has 1 heterocycles. The molecule has 0 aromatic heterocycles. The summed E-state index contributed by atoms with van der Waals surface area (Å²) < 4.78 is 4.74. The van der Waals surface area contributed by atoms with E-state index in [1.807, 2.05) is 0 Å². The standard InChI is InChI=1S/C12H24N2O2/c1-12(2)6-8-14(9-12)7-5-10(13-3)11(15)16-4/h10,13H,5-9H2,1-4H3. The van der Waals surface area contributed by atoms with Crippen LogP contribution in [-0.4, -0.2) is 50.7 Å². The van der Waals surface area contributed by atoms with E-state index in [-0.39, 0.29) is 12.0 Å². The Balaban J connectivity index is 2.31. The van der Waals surface area contributed by atoms with Gasteiger partial charge in [-0.05, 0) is 31.8 Å². The molecule has 1 rings (SSSR count). The lowest BCUT2D eigenvalue weighted by atomic mass is 9.93. The van der Waals surface area contributed by atoms with Crippen molar-refractivity contribution in [3.8, 4) is 0 Å². The Labute approximate surface area is 98.3 Å². The van der Waals surface area contributed by atoms with Gasteiger partial charge in [-0.15, -0.1) is 0 Å². The van der Waals surface area contributed by atoms with Crippen LogP contribution in [0.4, 0.5) is 0 Å². The lowest BCUT2D eigenvalue weighted by molar-refractivity contribution is -0.143. The van der Waals surface area contributed by atoms with E-state index in [2.05, 4.69) is 24.1 Å². The number of hydrogen-bond acceptors (Lipinski definition) is 4. The number of esters is 1. The van der Waals surface area contributed by atoms with Crippen molar-refractivity contribution in [3.63, 3.8) is 0 Å². The minimum absolute atomic E-state index is 0.166. The number of methoxy groups -OCH3 is 1. The second-order valence-corrected chi connectivity index (χ2v) is 5.34. The zero-order valence-electron chi connectivity index (χ0n) is 10.9. The average Bonchev–Trinajstić information content (AvgIpc) is 2.58. The Kier molecular flexibility index (Phi) is 4.74. The normalized spacial score (nSPS) is 22.0. The predicted octanol–water partition coefficient (Wildman–Crippen LogP) is 0.869. The van der Waals surface area contributed by atoms with Gasteiger partial charge in [0.15, 0.2) is 0 Å². The topological polar surface area (TPSA) is 41.6 Å². The van der Waals surface area contributed by atoms with E-state index in [0.29, 0.717) is 5.41 Å². The molecule has 1 atom stereocenters. The molecule has 0 amide bonds. The van der Waals surface area contributed by atoms with Gasteiger partial charge in [0.1, 0.15) is 6.04 Å². The fourth-order valence-corrected chi connectivity index (χ4v) is 2.25. The maximum absolute atomic E-state index is 11.4. The van der Waals surface area contributed by atoms with Crippen LogP contribution in [0, 0.1) is 5.41 Å². The van der Waals surface area contributed by atoms with Crippen LogP contribution in [0.15, 0.2) is 0 Å². The molecule has 0 saturated carbocycles. The largest absolute Gasteiger partial charge is 0.468 e. The highest BCUT2D eigenvalue weighted by atomic mass is 16.5. The Morgan fingerprint density at radius 1 is 1.56 bits per heavy atom. The third-order valence-corrected chi connectivity index (χ3v) is 3.32. The zero-order valence-corrected chi connectivity index (χ0v) is 10.9. The van der Waals surface area contributed by atoms with Gasteiger partial charge in [0.25, 0.3) is 0 Å². The fourth-order valence-electron chi connectivity index (χ4n) is 2.25. The van der Waals surface area contributed by atoms with E-state index in [0.717, 1.165) is 26.1 Å². The number of nitrogens with zero attached hydrogens (tertiary/aromatic N) is 1. The van der Waals surface area contributed by atoms with Gasteiger partial charge in [-0.25, -0.2) is 0 Å². The van der Waals surface area contributed by atoms with Crippen molar-refractivity contribution in [1.29, 1.82) is 0 Å². The van der Waals surface area contributed by atoms with E-state index in [1.165, 1.54) is 13.5 Å². The molecule has 16 heavy (non-hydrogen) atoms. The molecular weight excluding hydrogens is 204 g/mol. The van der Waals surface area contributed by atoms with Gasteiger partial charge in [0, 0.05) is 13.1 Å². The highest BCUT2D eigenvalue weighted by Gasteiger charge is 2.29. The summed E-state index contributed by atoms with van der Waals surface area (Å²) >= 11 is 0. The van der Waals surface area contributed by atoms with Crippen LogP contribution in [0.1, 0.15) is 26.7 Å². The molecular formula is C12H24N2O2. The fraction of sp³-hybridized carbons (Fsp3) is 0.917. The first-order valence-corrected chi connectivity index (χ1v) is 5.96. The van der Waals surface area contributed by atoms with E-state index in [9.17, 15) is 4.79 Å². The number of ether oxygens (including phenoxy) is 1. The molecule has 0 bridgehead atoms. The van der Waals surface area contributed by atoms with Crippen LogP contribution >= 0.6 is 0 Å². The monoisotopic (exact) mass is 228 g/mol. The van der Waals surface area contributed by atoms with Crippen LogP contribution in [0.2, 0.25) is 0 Å². The van der Waals surface area contributed by atoms with Crippen molar-refractivity contribution in [2.24, 2.45) is 5.41 Å². The highest BCUT2D eigenvalue weighted by molar-refractivity contribution is 5.75. The molecule has 0 aliphatic carbocycles. The van der Waals surface area contributed by atoms with E-state index < -0.39 is 0 Å². The van der Waals surface area contributed by atoms with Gasteiger partial charge in [0.2, 0.25) is 0 Å². The second kappa shape index (κ2) is 5.64. The van der Waals surface area contributed by atoms with Crippen molar-refractivity contribution < 1.29 is 9.53 Å². The molecule has 4 nitrogen and oxygen atoms in total. The summed E-state index contributed by atoms with van der Waals surface area (Å²) in [5.41, 5.74) is 0.431. The molecule has 1 saturated heterocycles. The maximum Gasteiger partial charge on any atom is 0.322 e. The van der Waals surface area contributed by atoms with Crippen molar-refractivity contribution in [1.82, 2.24) is 10.2 Å². The average molecular weight is 228 g/mol. The number of nitrogens with one attached hydrogen (secondary N) is 1. The molecule has 1 aliphatic rings. The van der Waals surface area contributed by atoms with Crippen LogP contribution in [-0.2, 0) is 9.53 Å². The first-order valence-electron chi connectivity index (χ1n) is 5.96. The number of likely N-dealkylation sites (N-methyl/N-ethyl adjacent to an activating group) is 1. The summed E-state index contributed by atoms with van der Waals surface area (Å²) in [5.74, 6) is -0.166. The third kappa shape index (κ3) is 3.76. The van der Waals surface area contributed by atoms with Crippen LogP contribution in [0.3, 0.4) is 0 Å². The summed E-state index contributed by atoms with van der Waals surface area (Å²) in [6, 6.07) is -0.172. The van der Waals surface area contributed by atoms with Crippen molar-refractivity contribution in [2.45, 2.75) is 32.7 Å². The number of rotatable bonds is 5. The molecule has 4 heteroatoms. The summed E-state index contributed by atoms with van der Waals surface area (Å²) in [5, 5.41) is 3.00. The van der Waals surface area contributed by atoms with Gasteiger partial charge in [-0.3, -0.25) is 4.79 Å². The SMILES string of the molecule is CNC(CCN1CCC(C)(C)C1)C(=O)OC. The van der Waals surface area contributed by atoms with Crippen molar-refractivity contribution >= 4 is 5.97 Å². The summed E-state index contributed by atoms with van der Waals surface area (Å²) in [4.78, 5) is 13.8. The van der Waals surface area contributed by atoms with Gasteiger partial charge in [-0.2, -0.15) is 0 Å². The molecule has 0 spiro atoms. The van der Waals surface area contributed by atoms with Gasteiger partial charge < -0.3 is 15.0 Å². The van der Waals surface area contributed by atoms with Gasteiger partial charge >= 0.3 is 5.97 Å². The summed E-state index contributed by atoms with van der Waals surface area (Å²) in [6.45, 7) is 7.82. The molecule has 1 unspecified atom stereocenters. The van der Waals surface area contributed by atoms with E-state index in [1.54, 1.807) is 7.05 Å². The Bertz CT molecular complexity index is 241. The quantitative estimate of drug-likeness (QED) is 0.709. The zero-order chi connectivity index (χ0) is 12.2. The van der Waals surface area contributed by atoms with Gasteiger partial charge in [0.05, 0.1) is 7.11 Å². The first-order chi connectivity index (χ1) is 7.48. The molecule has 0 aromatic rings. The maximum atomic E-state index is 11.4. The van der Waals surface area contributed by atoms with Crippen molar-refractivity contribution in [2.75, 3.05) is 33.8 Å². The van der Waals surface area contributed by atoms with E-state index >= 15 is 0 Å². The molecule has 1 aliphatic heterocycles. The van der Waals surface area contributed by atoms with E-state index in [4.69, 9.17) is 4.74 Å². The summed E-state index contributed by atoms with van der Waals surface area (Å²) in [7, 11) is 3.24. The smallest absolute Gasteiger partial charge is 0.322 e. The van der Waals surface area contributed by atoms with Gasteiger partial charge in [-0.1, -0.05) is 13.8 Å². The second-order valence-electron chi connectivity index (χ2n) is 5.34. The third-order valence-electron chi connectivity index (χ3n) is 3.32. The molecule has 0 aromatic carbocycles. The number of carbonyl (C=O) groups excluding carboxylic acids is 1. The number of carbonyl (C=O) groups is 1. The lowest BCUT2D eigenvalue weighted by Crippen LogP contribution is -2.38. The van der Waals surface area contributed by atoms with Crippen LogP contribution in [0.5, 0.6) is 0 Å². The van der Waals surface area contributed by atoms with Crippen LogP contribution < -0.4 is 5.32 Å².